The van der Waals surface area contributed by atoms with Crippen molar-refractivity contribution in [3.8, 4) is 11.5 Å². The van der Waals surface area contributed by atoms with Gasteiger partial charge in [0.1, 0.15) is 29.2 Å². The molecule has 134 valence electrons. The van der Waals surface area contributed by atoms with Gasteiger partial charge in [0, 0.05) is 0 Å². The lowest BCUT2D eigenvalue weighted by molar-refractivity contribution is 0.135. The van der Waals surface area contributed by atoms with Crippen LogP contribution in [0.1, 0.15) is 37.8 Å². The van der Waals surface area contributed by atoms with E-state index in [1.54, 1.807) is 6.08 Å². The van der Waals surface area contributed by atoms with E-state index in [1.165, 1.54) is 0 Å². The fourth-order valence-electron chi connectivity index (χ4n) is 2.04. The van der Waals surface area contributed by atoms with Gasteiger partial charge in [-0.25, -0.2) is 0 Å². The minimum Gasteiger partial charge on any atom is -0.493 e. The van der Waals surface area contributed by atoms with Crippen molar-refractivity contribution in [2.24, 2.45) is 5.16 Å². The van der Waals surface area contributed by atoms with Crippen molar-refractivity contribution in [1.29, 1.82) is 0 Å². The van der Waals surface area contributed by atoms with Gasteiger partial charge in [0.25, 0.3) is 0 Å². The summed E-state index contributed by atoms with van der Waals surface area (Å²) < 4.78 is 11.7. The number of hydrogen-bond donors (Lipinski definition) is 0. The zero-order chi connectivity index (χ0) is 17.9. The third kappa shape index (κ3) is 8.46. The number of rotatable bonds is 10. The minimum absolute atomic E-state index is 0.201. The molecule has 1 aromatic carbocycles. The maximum absolute atomic E-state index is 5.89. The highest BCUT2D eigenvalue weighted by atomic mass is 35.5. The van der Waals surface area contributed by atoms with Gasteiger partial charge < -0.3 is 14.3 Å². The van der Waals surface area contributed by atoms with E-state index < -0.39 is 0 Å². The first kappa shape index (κ1) is 20.7. The fourth-order valence-corrected chi connectivity index (χ4v) is 2.17. The molecule has 0 spiro atoms. The number of halogens is 2. The number of hydrogen-bond acceptors (Lipinski definition) is 4. The number of ether oxygens (including phenoxy) is 2. The monoisotopic (exact) mass is 373 g/mol. The van der Waals surface area contributed by atoms with Gasteiger partial charge in [-0.05, 0) is 69.9 Å². The summed E-state index contributed by atoms with van der Waals surface area (Å²) in [5.41, 5.74) is 2.99. The second-order valence-corrected chi connectivity index (χ2v) is 6.63. The van der Waals surface area contributed by atoms with Gasteiger partial charge in [-0.15, -0.1) is 0 Å². The summed E-state index contributed by atoms with van der Waals surface area (Å²) in [6.45, 7) is 9.40. The smallest absolute Gasteiger partial charge is 0.125 e. The number of benzene rings is 1. The average molecular weight is 374 g/mol. The Labute approximate surface area is 154 Å². The predicted molar refractivity (Wildman–Crippen MR) is 101 cm³/mol. The first-order valence-corrected chi connectivity index (χ1v) is 8.67. The Morgan fingerprint density at radius 2 is 1.67 bits per heavy atom. The van der Waals surface area contributed by atoms with Gasteiger partial charge in [0.15, 0.2) is 0 Å². The average Bonchev–Trinajstić information content (AvgIpc) is 2.47. The second kappa shape index (κ2) is 11.2. The number of nitrogens with zero attached hydrogens (tertiary/aromatic N) is 1. The van der Waals surface area contributed by atoms with Gasteiger partial charge in [-0.3, -0.25) is 0 Å². The molecule has 0 unspecified atom stereocenters. The van der Waals surface area contributed by atoms with E-state index in [0.717, 1.165) is 41.2 Å². The lowest BCUT2D eigenvalue weighted by Gasteiger charge is -2.14. The van der Waals surface area contributed by atoms with Crippen molar-refractivity contribution < 1.29 is 14.3 Å². The fraction of sp³-hybridized carbons (Fsp3) is 0.500. The van der Waals surface area contributed by atoms with Crippen LogP contribution in [0.2, 0.25) is 0 Å². The van der Waals surface area contributed by atoms with Gasteiger partial charge >= 0.3 is 0 Å². The van der Waals surface area contributed by atoms with E-state index >= 15 is 0 Å². The van der Waals surface area contributed by atoms with Crippen molar-refractivity contribution in [1.82, 2.24) is 0 Å². The van der Waals surface area contributed by atoms with Crippen LogP contribution in [-0.2, 0) is 4.84 Å². The predicted octanol–water partition coefficient (Wildman–Crippen LogP) is 5.57. The van der Waals surface area contributed by atoms with Crippen molar-refractivity contribution >= 4 is 28.9 Å². The van der Waals surface area contributed by atoms with Gasteiger partial charge in [0.2, 0.25) is 0 Å². The summed E-state index contributed by atoms with van der Waals surface area (Å²) in [6, 6.07) is 3.89. The van der Waals surface area contributed by atoms with Gasteiger partial charge in [-0.2, -0.15) is 0 Å². The Bertz CT molecular complexity index is 555. The highest BCUT2D eigenvalue weighted by Gasteiger charge is 2.07. The lowest BCUT2D eigenvalue weighted by atomic mass is 10.1. The van der Waals surface area contributed by atoms with Crippen molar-refractivity contribution in [3.63, 3.8) is 0 Å². The molecule has 0 amide bonds. The Hall–Kier alpha value is -1.39. The third-order valence-electron chi connectivity index (χ3n) is 3.04. The van der Waals surface area contributed by atoms with E-state index in [9.17, 15) is 0 Å². The Morgan fingerprint density at radius 1 is 1.04 bits per heavy atom. The number of oxime groups is 1. The quantitative estimate of drug-likeness (QED) is 0.305. The SMILES string of the molecule is CC(C)=NOCCCCOc1c(C)cc(OCC=C(Cl)Cl)cc1C. The molecule has 0 atom stereocenters. The van der Waals surface area contributed by atoms with Crippen LogP contribution in [0, 0.1) is 13.8 Å². The zero-order valence-corrected chi connectivity index (χ0v) is 16.2. The summed E-state index contributed by atoms with van der Waals surface area (Å²) in [4.78, 5) is 5.16. The topological polar surface area (TPSA) is 40.0 Å². The molecule has 0 heterocycles. The van der Waals surface area contributed by atoms with Gasteiger partial charge in [0.05, 0.1) is 12.3 Å². The van der Waals surface area contributed by atoms with Crippen LogP contribution in [0.5, 0.6) is 11.5 Å². The van der Waals surface area contributed by atoms with Crippen molar-refractivity contribution in [2.45, 2.75) is 40.5 Å². The standard InChI is InChI=1S/C18H25Cl2NO3/c1-13(2)21-24-9-6-5-8-23-18-14(3)11-16(12-15(18)4)22-10-7-17(19)20/h7,11-12H,5-6,8-10H2,1-4H3. The summed E-state index contributed by atoms with van der Waals surface area (Å²) in [6.07, 6.45) is 3.42. The minimum atomic E-state index is 0.201. The van der Waals surface area contributed by atoms with Crippen LogP contribution >= 0.6 is 23.2 Å². The molecule has 1 aromatic rings. The van der Waals surface area contributed by atoms with Crippen LogP contribution in [0.4, 0.5) is 0 Å². The first-order valence-electron chi connectivity index (χ1n) is 7.91. The number of unbranched alkanes of at least 4 members (excludes halogenated alkanes) is 1. The summed E-state index contributed by atoms with van der Waals surface area (Å²) in [5.74, 6) is 1.67. The Balaban J connectivity index is 2.43. The molecule has 0 fully saturated rings. The maximum Gasteiger partial charge on any atom is 0.125 e. The molecule has 4 nitrogen and oxygen atoms in total. The van der Waals surface area contributed by atoms with Crippen molar-refractivity contribution in [3.05, 3.63) is 33.8 Å². The summed E-state index contributed by atoms with van der Waals surface area (Å²) in [7, 11) is 0. The molecule has 0 N–H and O–H groups in total. The first-order chi connectivity index (χ1) is 11.4. The van der Waals surface area contributed by atoms with E-state index in [1.807, 2.05) is 39.8 Å². The van der Waals surface area contributed by atoms with E-state index in [0.29, 0.717) is 19.8 Å². The molecule has 24 heavy (non-hydrogen) atoms. The summed E-state index contributed by atoms with van der Waals surface area (Å²) >= 11 is 11.1. The van der Waals surface area contributed by atoms with Gasteiger partial charge in [-0.1, -0.05) is 28.4 Å². The molecule has 0 saturated heterocycles. The largest absolute Gasteiger partial charge is 0.493 e. The van der Waals surface area contributed by atoms with Crippen LogP contribution < -0.4 is 9.47 Å². The van der Waals surface area contributed by atoms with Crippen molar-refractivity contribution in [2.75, 3.05) is 19.8 Å². The molecule has 0 radical (unpaired) electrons. The van der Waals surface area contributed by atoms with E-state index in [-0.39, 0.29) is 4.49 Å². The molecule has 0 bridgehead atoms. The molecular formula is C18H25Cl2NO3. The lowest BCUT2D eigenvalue weighted by Crippen LogP contribution is -2.03. The van der Waals surface area contributed by atoms with Crippen LogP contribution in [-0.4, -0.2) is 25.5 Å². The number of aryl methyl sites for hydroxylation is 2. The second-order valence-electron chi connectivity index (χ2n) is 5.62. The molecule has 0 saturated carbocycles. The molecular weight excluding hydrogens is 349 g/mol. The highest BCUT2D eigenvalue weighted by molar-refractivity contribution is 6.55. The molecule has 0 aliphatic heterocycles. The molecule has 0 aliphatic carbocycles. The normalized spacial score (nSPS) is 10.1. The van der Waals surface area contributed by atoms with Crippen LogP contribution in [0.25, 0.3) is 0 Å². The summed E-state index contributed by atoms with van der Waals surface area (Å²) in [5, 5.41) is 3.89. The zero-order valence-electron chi connectivity index (χ0n) is 14.7. The molecule has 0 aromatic heterocycles. The van der Waals surface area contributed by atoms with E-state index in [2.05, 4.69) is 5.16 Å². The molecule has 0 aliphatic rings. The highest BCUT2D eigenvalue weighted by Crippen LogP contribution is 2.28. The maximum atomic E-state index is 5.89. The Morgan fingerprint density at radius 3 is 2.25 bits per heavy atom. The van der Waals surface area contributed by atoms with Crippen LogP contribution in [0.3, 0.4) is 0 Å². The third-order valence-corrected chi connectivity index (χ3v) is 3.35. The molecule has 6 heteroatoms. The van der Waals surface area contributed by atoms with E-state index in [4.69, 9.17) is 37.5 Å². The van der Waals surface area contributed by atoms with Crippen LogP contribution in [0.15, 0.2) is 27.9 Å². The Kier molecular flexibility index (Phi) is 9.65. The molecule has 1 rings (SSSR count).